The van der Waals surface area contributed by atoms with Crippen molar-refractivity contribution in [3.05, 3.63) is 28.8 Å². The molecule has 0 aliphatic heterocycles. The van der Waals surface area contributed by atoms with Crippen molar-refractivity contribution in [1.29, 1.82) is 0 Å². The minimum atomic E-state index is -0.583. The fourth-order valence-electron chi connectivity index (χ4n) is 1.26. The third-order valence-corrected chi connectivity index (χ3v) is 2.32. The summed E-state index contributed by atoms with van der Waals surface area (Å²) >= 11 is 5.80. The van der Waals surface area contributed by atoms with Crippen LogP contribution in [0.5, 0.6) is 0 Å². The van der Waals surface area contributed by atoms with Crippen molar-refractivity contribution in [2.45, 2.75) is 6.92 Å². The molecule has 0 saturated heterocycles. The summed E-state index contributed by atoms with van der Waals surface area (Å²) in [7, 11) is 1.37. The number of carbonyl (C=O) groups is 2. The average Bonchev–Trinajstić information content (AvgIpc) is 2.31. The van der Waals surface area contributed by atoms with Gasteiger partial charge in [-0.15, -0.1) is 0 Å². The molecule has 0 aliphatic rings. The zero-order chi connectivity index (χ0) is 13.5. The highest BCUT2D eigenvalue weighted by Gasteiger charge is 2.08. The normalized spacial score (nSPS) is 9.94. The lowest BCUT2D eigenvalue weighted by molar-refractivity contribution is -0.150. The lowest BCUT2D eigenvalue weighted by atomic mass is 10.2. The molecule has 0 unspecified atom stereocenters. The standard InChI is InChI=1S/C12H14ClNO4/c1-8-5-9(13)3-4-10(8)14-11(15)6-18-12(16)7-17-2/h3-5H,6-7H2,1-2H3,(H,14,15). The van der Waals surface area contributed by atoms with E-state index in [0.717, 1.165) is 5.56 Å². The monoisotopic (exact) mass is 271 g/mol. The van der Waals surface area contributed by atoms with Crippen LogP contribution in [-0.2, 0) is 19.1 Å². The van der Waals surface area contributed by atoms with Crippen molar-refractivity contribution in [2.24, 2.45) is 0 Å². The van der Waals surface area contributed by atoms with E-state index in [0.29, 0.717) is 10.7 Å². The van der Waals surface area contributed by atoms with Gasteiger partial charge in [0.1, 0.15) is 6.61 Å². The van der Waals surface area contributed by atoms with Crippen LogP contribution in [0.3, 0.4) is 0 Å². The second-order valence-electron chi connectivity index (χ2n) is 3.60. The Balaban J connectivity index is 2.47. The van der Waals surface area contributed by atoms with E-state index in [2.05, 4.69) is 14.8 Å². The molecule has 0 saturated carbocycles. The molecule has 1 aromatic carbocycles. The molecular weight excluding hydrogens is 258 g/mol. The highest BCUT2D eigenvalue weighted by molar-refractivity contribution is 6.30. The van der Waals surface area contributed by atoms with Crippen molar-refractivity contribution >= 4 is 29.2 Å². The highest BCUT2D eigenvalue weighted by atomic mass is 35.5. The Labute approximate surface area is 110 Å². The summed E-state index contributed by atoms with van der Waals surface area (Å²) in [6.45, 7) is 1.30. The fourth-order valence-corrected chi connectivity index (χ4v) is 1.49. The first-order chi connectivity index (χ1) is 8.52. The lowest BCUT2D eigenvalue weighted by Crippen LogP contribution is -2.22. The van der Waals surface area contributed by atoms with Crippen LogP contribution >= 0.6 is 11.6 Å². The number of esters is 1. The molecule has 0 aliphatic carbocycles. The Bertz CT molecular complexity index is 448. The first kappa shape index (κ1) is 14.5. The topological polar surface area (TPSA) is 64.6 Å². The summed E-state index contributed by atoms with van der Waals surface area (Å²) in [5.74, 6) is -0.995. The molecule has 1 amide bonds. The molecular formula is C12H14ClNO4. The Hall–Kier alpha value is -1.59. The number of hydrogen-bond donors (Lipinski definition) is 1. The summed E-state index contributed by atoms with van der Waals surface area (Å²) in [4.78, 5) is 22.5. The number of carbonyl (C=O) groups excluding carboxylic acids is 2. The van der Waals surface area contributed by atoms with Crippen LogP contribution in [0.25, 0.3) is 0 Å². The van der Waals surface area contributed by atoms with Gasteiger partial charge < -0.3 is 14.8 Å². The molecule has 0 fully saturated rings. The minimum Gasteiger partial charge on any atom is -0.454 e. The molecule has 6 heteroatoms. The first-order valence-corrected chi connectivity index (χ1v) is 5.61. The molecule has 0 atom stereocenters. The second-order valence-corrected chi connectivity index (χ2v) is 4.04. The molecule has 98 valence electrons. The molecule has 0 radical (unpaired) electrons. The largest absolute Gasteiger partial charge is 0.454 e. The van der Waals surface area contributed by atoms with E-state index in [9.17, 15) is 9.59 Å². The maximum atomic E-state index is 11.5. The van der Waals surface area contributed by atoms with Crippen LogP contribution in [-0.4, -0.2) is 32.2 Å². The van der Waals surface area contributed by atoms with Crippen molar-refractivity contribution in [3.63, 3.8) is 0 Å². The van der Waals surface area contributed by atoms with E-state index in [1.807, 2.05) is 6.92 Å². The summed E-state index contributed by atoms with van der Waals surface area (Å²) < 4.78 is 9.24. The van der Waals surface area contributed by atoms with E-state index in [1.165, 1.54) is 7.11 Å². The summed E-state index contributed by atoms with van der Waals surface area (Å²) in [6.07, 6.45) is 0. The number of hydrogen-bond acceptors (Lipinski definition) is 4. The SMILES string of the molecule is COCC(=O)OCC(=O)Nc1ccc(Cl)cc1C. The zero-order valence-electron chi connectivity index (χ0n) is 10.2. The van der Waals surface area contributed by atoms with Crippen LogP contribution in [0.15, 0.2) is 18.2 Å². The van der Waals surface area contributed by atoms with Crippen LogP contribution < -0.4 is 5.32 Å². The zero-order valence-corrected chi connectivity index (χ0v) is 10.9. The molecule has 1 N–H and O–H groups in total. The molecule has 0 heterocycles. The van der Waals surface area contributed by atoms with E-state index < -0.39 is 11.9 Å². The summed E-state index contributed by atoms with van der Waals surface area (Å²) in [5, 5.41) is 3.21. The van der Waals surface area contributed by atoms with Crippen molar-refractivity contribution < 1.29 is 19.1 Å². The second kappa shape index (κ2) is 6.98. The number of nitrogens with one attached hydrogen (secondary N) is 1. The van der Waals surface area contributed by atoms with Crippen LogP contribution in [0.1, 0.15) is 5.56 Å². The quantitative estimate of drug-likeness (QED) is 0.829. The van der Waals surface area contributed by atoms with Gasteiger partial charge in [0, 0.05) is 17.8 Å². The number of halogens is 1. The Morgan fingerprint density at radius 2 is 2.06 bits per heavy atom. The lowest BCUT2D eigenvalue weighted by Gasteiger charge is -2.09. The van der Waals surface area contributed by atoms with E-state index in [1.54, 1.807) is 18.2 Å². The molecule has 0 bridgehead atoms. The van der Waals surface area contributed by atoms with Gasteiger partial charge in [-0.1, -0.05) is 11.6 Å². The van der Waals surface area contributed by atoms with Crippen molar-refractivity contribution in [2.75, 3.05) is 25.6 Å². The Kier molecular flexibility index (Phi) is 5.61. The van der Waals surface area contributed by atoms with Crippen LogP contribution in [0.2, 0.25) is 5.02 Å². The maximum Gasteiger partial charge on any atom is 0.332 e. The van der Waals surface area contributed by atoms with Gasteiger partial charge in [0.25, 0.3) is 5.91 Å². The third-order valence-electron chi connectivity index (χ3n) is 2.09. The smallest absolute Gasteiger partial charge is 0.332 e. The minimum absolute atomic E-state index is 0.173. The van der Waals surface area contributed by atoms with Gasteiger partial charge in [-0.3, -0.25) is 4.79 Å². The van der Waals surface area contributed by atoms with Gasteiger partial charge in [0.05, 0.1) is 0 Å². The van der Waals surface area contributed by atoms with Gasteiger partial charge in [0.2, 0.25) is 0 Å². The predicted molar refractivity (Wildman–Crippen MR) is 67.7 cm³/mol. The fraction of sp³-hybridized carbons (Fsp3) is 0.333. The number of ether oxygens (including phenoxy) is 2. The van der Waals surface area contributed by atoms with E-state index in [-0.39, 0.29) is 13.2 Å². The Morgan fingerprint density at radius 3 is 2.67 bits per heavy atom. The number of amides is 1. The van der Waals surface area contributed by atoms with Crippen molar-refractivity contribution in [3.8, 4) is 0 Å². The maximum absolute atomic E-state index is 11.5. The van der Waals surface area contributed by atoms with E-state index >= 15 is 0 Å². The summed E-state index contributed by atoms with van der Waals surface area (Å²) in [6, 6.07) is 5.09. The average molecular weight is 272 g/mol. The number of methoxy groups -OCH3 is 1. The van der Waals surface area contributed by atoms with Gasteiger partial charge >= 0.3 is 5.97 Å². The van der Waals surface area contributed by atoms with Crippen LogP contribution in [0.4, 0.5) is 5.69 Å². The van der Waals surface area contributed by atoms with Gasteiger partial charge in [0.15, 0.2) is 6.61 Å². The molecule has 1 aromatic rings. The number of anilines is 1. The molecule has 18 heavy (non-hydrogen) atoms. The van der Waals surface area contributed by atoms with Gasteiger partial charge in [-0.2, -0.15) is 0 Å². The molecule has 1 rings (SSSR count). The van der Waals surface area contributed by atoms with Gasteiger partial charge in [-0.05, 0) is 30.7 Å². The number of benzene rings is 1. The van der Waals surface area contributed by atoms with Gasteiger partial charge in [-0.25, -0.2) is 4.79 Å². The molecule has 5 nitrogen and oxygen atoms in total. The van der Waals surface area contributed by atoms with E-state index in [4.69, 9.17) is 11.6 Å². The Morgan fingerprint density at radius 1 is 1.33 bits per heavy atom. The number of aryl methyl sites for hydroxylation is 1. The van der Waals surface area contributed by atoms with Crippen molar-refractivity contribution in [1.82, 2.24) is 0 Å². The number of rotatable bonds is 5. The third kappa shape index (κ3) is 4.73. The highest BCUT2D eigenvalue weighted by Crippen LogP contribution is 2.19. The molecule has 0 aromatic heterocycles. The molecule has 0 spiro atoms. The summed E-state index contributed by atoms with van der Waals surface area (Å²) in [5.41, 5.74) is 1.46. The predicted octanol–water partition coefficient (Wildman–Crippen LogP) is 1.78. The van der Waals surface area contributed by atoms with Crippen LogP contribution in [0, 0.1) is 6.92 Å². The first-order valence-electron chi connectivity index (χ1n) is 5.23.